The molecule has 1 heterocycles. The average molecular weight is 237 g/mol. The Morgan fingerprint density at radius 3 is 3.00 bits per heavy atom. The fraction of sp³-hybridized carbons (Fsp3) is 0.400. The predicted molar refractivity (Wildman–Crippen MR) is 44.1 cm³/mol. The van der Waals surface area contributed by atoms with Crippen LogP contribution in [0.4, 0.5) is 0 Å². The van der Waals surface area contributed by atoms with Crippen molar-refractivity contribution in [3.8, 4) is 0 Å². The zero-order valence-electron chi connectivity index (χ0n) is 4.89. The second-order valence-corrected chi connectivity index (χ2v) is 2.76. The van der Waals surface area contributed by atoms with E-state index in [0.717, 1.165) is 15.9 Å². The quantitative estimate of drug-likeness (QED) is 0.736. The van der Waals surface area contributed by atoms with Crippen molar-refractivity contribution in [1.82, 2.24) is 9.97 Å². The van der Waals surface area contributed by atoms with Crippen LogP contribution in [0.1, 0.15) is 5.69 Å². The lowest BCUT2D eigenvalue weighted by molar-refractivity contribution is 0.932. The number of hydrogen-bond acceptors (Lipinski definition) is 2. The third-order valence-corrected chi connectivity index (χ3v) is 1.56. The molecule has 0 spiro atoms. The monoisotopic (exact) mass is 237 g/mol. The van der Waals surface area contributed by atoms with E-state index in [1.807, 2.05) is 6.20 Å². The van der Waals surface area contributed by atoms with Crippen LogP contribution in [-0.2, 0) is 6.42 Å². The molecule has 0 bridgehead atoms. The summed E-state index contributed by atoms with van der Waals surface area (Å²) >= 11 is 2.13. The van der Waals surface area contributed by atoms with E-state index in [9.17, 15) is 0 Å². The molecule has 0 fully saturated rings. The molecular weight excluding hydrogens is 229 g/mol. The largest absolute Gasteiger partial charge is 0.337 e. The van der Waals surface area contributed by atoms with Gasteiger partial charge >= 0.3 is 0 Å². The fourth-order valence-electron chi connectivity index (χ4n) is 0.614. The fourth-order valence-corrected chi connectivity index (χ4v) is 1.10. The van der Waals surface area contributed by atoms with E-state index >= 15 is 0 Å². The van der Waals surface area contributed by atoms with Gasteiger partial charge in [0.2, 0.25) is 0 Å². The van der Waals surface area contributed by atoms with E-state index in [0.29, 0.717) is 6.54 Å². The molecule has 0 amide bonds. The third-order valence-electron chi connectivity index (χ3n) is 1.01. The molecule has 1 rings (SSSR count). The highest BCUT2D eigenvalue weighted by Gasteiger charge is 1.93. The van der Waals surface area contributed by atoms with E-state index in [1.165, 1.54) is 0 Å². The topological polar surface area (TPSA) is 54.7 Å². The number of H-pyrrole nitrogens is 1. The first-order chi connectivity index (χ1) is 4.33. The molecule has 4 heteroatoms. The van der Waals surface area contributed by atoms with Crippen LogP contribution in [0.15, 0.2) is 6.20 Å². The van der Waals surface area contributed by atoms with Gasteiger partial charge in [0.25, 0.3) is 0 Å². The lowest BCUT2D eigenvalue weighted by Gasteiger charge is -1.87. The Bertz CT molecular complexity index is 184. The average Bonchev–Trinajstić information content (AvgIpc) is 2.17. The Hall–Kier alpha value is -0.100. The van der Waals surface area contributed by atoms with Gasteiger partial charge in [-0.1, -0.05) is 0 Å². The van der Waals surface area contributed by atoms with Gasteiger partial charge in [-0.3, -0.25) is 0 Å². The van der Waals surface area contributed by atoms with Crippen LogP contribution in [-0.4, -0.2) is 16.5 Å². The minimum absolute atomic E-state index is 0.679. The molecule has 3 nitrogen and oxygen atoms in total. The van der Waals surface area contributed by atoms with Crippen LogP contribution < -0.4 is 5.73 Å². The highest BCUT2D eigenvalue weighted by Crippen LogP contribution is 1.99. The third kappa shape index (κ3) is 1.94. The molecule has 9 heavy (non-hydrogen) atoms. The minimum Gasteiger partial charge on any atom is -0.337 e. The molecule has 50 valence electrons. The zero-order valence-corrected chi connectivity index (χ0v) is 7.05. The number of imidazole rings is 1. The van der Waals surface area contributed by atoms with Gasteiger partial charge < -0.3 is 10.7 Å². The van der Waals surface area contributed by atoms with Gasteiger partial charge in [-0.15, -0.1) is 0 Å². The molecule has 0 unspecified atom stereocenters. The molecule has 3 N–H and O–H groups in total. The molecule has 0 aromatic carbocycles. The van der Waals surface area contributed by atoms with Crippen LogP contribution >= 0.6 is 22.6 Å². The summed E-state index contributed by atoms with van der Waals surface area (Å²) in [6, 6.07) is 0. The van der Waals surface area contributed by atoms with E-state index < -0.39 is 0 Å². The Labute approximate surface area is 67.2 Å². The summed E-state index contributed by atoms with van der Waals surface area (Å²) in [5.41, 5.74) is 6.43. The molecule has 0 aliphatic carbocycles. The van der Waals surface area contributed by atoms with Crippen molar-refractivity contribution in [2.24, 2.45) is 5.73 Å². The van der Waals surface area contributed by atoms with Crippen LogP contribution in [0.5, 0.6) is 0 Å². The first kappa shape index (κ1) is 7.01. The van der Waals surface area contributed by atoms with Crippen LogP contribution in [0, 0.1) is 3.83 Å². The number of hydrogen-bond donors (Lipinski definition) is 2. The summed E-state index contributed by atoms with van der Waals surface area (Å²) in [5.74, 6) is 0. The Kier molecular flexibility index (Phi) is 2.47. The molecule has 0 saturated heterocycles. The molecule has 0 atom stereocenters. The molecule has 0 radical (unpaired) electrons. The van der Waals surface area contributed by atoms with Crippen molar-refractivity contribution in [3.63, 3.8) is 0 Å². The predicted octanol–water partition coefficient (Wildman–Crippen LogP) is 0.515. The Balaban J connectivity index is 2.61. The number of nitrogens with one attached hydrogen (secondary N) is 1. The standard InChI is InChI=1S/C5H8IN3/c6-5-8-3-4(9-5)1-2-7/h3H,1-2,7H2,(H,8,9). The van der Waals surface area contributed by atoms with Gasteiger partial charge in [-0.2, -0.15) is 0 Å². The maximum absolute atomic E-state index is 5.32. The number of aromatic nitrogens is 2. The molecule has 0 aliphatic heterocycles. The second-order valence-electron chi connectivity index (χ2n) is 1.74. The van der Waals surface area contributed by atoms with Crippen molar-refractivity contribution < 1.29 is 0 Å². The summed E-state index contributed by atoms with van der Waals surface area (Å²) in [6.45, 7) is 0.679. The lowest BCUT2D eigenvalue weighted by atomic mass is 10.3. The van der Waals surface area contributed by atoms with Crippen LogP contribution in [0.2, 0.25) is 0 Å². The highest BCUT2D eigenvalue weighted by atomic mass is 127. The number of rotatable bonds is 2. The van der Waals surface area contributed by atoms with E-state index in [2.05, 4.69) is 32.6 Å². The molecule has 1 aromatic heterocycles. The normalized spacial score (nSPS) is 10.0. The number of nitrogens with zero attached hydrogens (tertiary/aromatic N) is 1. The van der Waals surface area contributed by atoms with Crippen molar-refractivity contribution in [1.29, 1.82) is 0 Å². The van der Waals surface area contributed by atoms with Crippen molar-refractivity contribution >= 4 is 22.6 Å². The SMILES string of the molecule is NCCc1cnc(I)[nH]1. The van der Waals surface area contributed by atoms with E-state index in [1.54, 1.807) is 0 Å². The molecule has 0 aliphatic rings. The number of nitrogens with two attached hydrogens (primary N) is 1. The first-order valence-corrected chi connectivity index (χ1v) is 3.80. The van der Waals surface area contributed by atoms with Crippen molar-refractivity contribution in [2.45, 2.75) is 6.42 Å². The van der Waals surface area contributed by atoms with Gasteiger partial charge in [0.05, 0.1) is 0 Å². The summed E-state index contributed by atoms with van der Waals surface area (Å²) in [4.78, 5) is 7.08. The van der Waals surface area contributed by atoms with Gasteiger partial charge in [0.15, 0.2) is 3.83 Å². The smallest absolute Gasteiger partial charge is 0.168 e. The Morgan fingerprint density at radius 1 is 1.78 bits per heavy atom. The maximum Gasteiger partial charge on any atom is 0.168 e. The zero-order chi connectivity index (χ0) is 6.69. The Morgan fingerprint density at radius 2 is 2.56 bits per heavy atom. The van der Waals surface area contributed by atoms with Crippen molar-refractivity contribution in [3.05, 3.63) is 15.7 Å². The van der Waals surface area contributed by atoms with Crippen LogP contribution in [0.3, 0.4) is 0 Å². The van der Waals surface area contributed by atoms with E-state index in [-0.39, 0.29) is 0 Å². The van der Waals surface area contributed by atoms with E-state index in [4.69, 9.17) is 5.73 Å². The molecular formula is C5H8IN3. The number of halogens is 1. The maximum atomic E-state index is 5.32. The summed E-state index contributed by atoms with van der Waals surface area (Å²) in [5, 5.41) is 0. The summed E-state index contributed by atoms with van der Waals surface area (Å²) in [7, 11) is 0. The molecule has 0 saturated carbocycles. The van der Waals surface area contributed by atoms with Gasteiger partial charge in [-0.25, -0.2) is 4.98 Å². The van der Waals surface area contributed by atoms with Crippen LogP contribution in [0.25, 0.3) is 0 Å². The van der Waals surface area contributed by atoms with Crippen molar-refractivity contribution in [2.75, 3.05) is 6.54 Å². The molecule has 1 aromatic rings. The van der Waals surface area contributed by atoms with Gasteiger partial charge in [0.1, 0.15) is 0 Å². The summed E-state index contributed by atoms with van der Waals surface area (Å²) < 4.78 is 0.927. The first-order valence-electron chi connectivity index (χ1n) is 2.72. The highest BCUT2D eigenvalue weighted by molar-refractivity contribution is 14.1. The second kappa shape index (κ2) is 3.17. The summed E-state index contributed by atoms with van der Waals surface area (Å²) in [6.07, 6.45) is 2.70. The minimum atomic E-state index is 0.679. The van der Waals surface area contributed by atoms with Gasteiger partial charge in [0, 0.05) is 18.3 Å². The lowest BCUT2D eigenvalue weighted by Crippen LogP contribution is -2.02. The van der Waals surface area contributed by atoms with Gasteiger partial charge in [-0.05, 0) is 29.1 Å². The number of aromatic amines is 1.